The second-order valence-electron chi connectivity index (χ2n) is 4.80. The zero-order valence-electron chi connectivity index (χ0n) is 11.1. The summed E-state index contributed by atoms with van der Waals surface area (Å²) in [5.41, 5.74) is 4.17. The summed E-state index contributed by atoms with van der Waals surface area (Å²) < 4.78 is 5.67. The summed E-state index contributed by atoms with van der Waals surface area (Å²) in [4.78, 5) is 14.7. The van der Waals surface area contributed by atoms with Crippen molar-refractivity contribution in [2.45, 2.75) is 13.8 Å². The van der Waals surface area contributed by atoms with Crippen molar-refractivity contribution < 1.29 is 9.34 Å². The van der Waals surface area contributed by atoms with Gasteiger partial charge in [0.05, 0.1) is 4.92 Å². The first-order valence-corrected chi connectivity index (χ1v) is 6.16. The molecule has 5 heteroatoms. The molecule has 0 N–H and O–H groups in total. The van der Waals surface area contributed by atoms with E-state index < -0.39 is 4.92 Å². The van der Waals surface area contributed by atoms with Gasteiger partial charge in [-0.1, -0.05) is 17.2 Å². The van der Waals surface area contributed by atoms with Gasteiger partial charge in [0.2, 0.25) is 5.89 Å². The normalized spacial score (nSPS) is 10.9. The predicted octanol–water partition coefficient (Wildman–Crippen LogP) is 4.02. The first kappa shape index (κ1) is 12.3. The van der Waals surface area contributed by atoms with E-state index in [0.29, 0.717) is 17.0 Å². The second kappa shape index (κ2) is 4.45. The van der Waals surface area contributed by atoms with Crippen LogP contribution in [0.4, 0.5) is 5.69 Å². The summed E-state index contributed by atoms with van der Waals surface area (Å²) in [7, 11) is 0. The Hall–Kier alpha value is -2.69. The number of nitro groups is 1. The summed E-state index contributed by atoms with van der Waals surface area (Å²) in [6.45, 7) is 4.01. The number of nitrogens with zero attached hydrogens (tertiary/aromatic N) is 2. The van der Waals surface area contributed by atoms with E-state index in [9.17, 15) is 10.1 Å². The van der Waals surface area contributed by atoms with Crippen LogP contribution in [-0.4, -0.2) is 9.91 Å². The molecule has 0 aliphatic rings. The topological polar surface area (TPSA) is 69.2 Å². The monoisotopic (exact) mass is 268 g/mol. The third-order valence-corrected chi connectivity index (χ3v) is 3.05. The molecular weight excluding hydrogens is 256 g/mol. The van der Waals surface area contributed by atoms with Gasteiger partial charge in [-0.05, 0) is 32.0 Å². The lowest BCUT2D eigenvalue weighted by atomic mass is 10.1. The highest BCUT2D eigenvalue weighted by Gasteiger charge is 2.13. The predicted molar refractivity (Wildman–Crippen MR) is 75.6 cm³/mol. The van der Waals surface area contributed by atoms with Crippen LogP contribution in [0.15, 0.2) is 40.8 Å². The highest BCUT2D eigenvalue weighted by molar-refractivity contribution is 5.78. The zero-order valence-corrected chi connectivity index (χ0v) is 11.1. The van der Waals surface area contributed by atoms with Crippen molar-refractivity contribution >= 4 is 16.8 Å². The third-order valence-electron chi connectivity index (χ3n) is 3.05. The standard InChI is InChI=1S/C15H12N2O3/c1-9-5-10(2)7-11(6-9)15-16-13-8-12(17(18)19)3-4-14(13)20-15/h3-8H,1-2H3. The molecule has 3 aromatic rings. The molecule has 0 bridgehead atoms. The molecule has 0 saturated carbocycles. The highest BCUT2D eigenvalue weighted by Crippen LogP contribution is 2.27. The van der Waals surface area contributed by atoms with Crippen molar-refractivity contribution in [2.75, 3.05) is 0 Å². The third kappa shape index (κ3) is 2.14. The van der Waals surface area contributed by atoms with E-state index in [-0.39, 0.29) is 5.69 Å². The van der Waals surface area contributed by atoms with Crippen molar-refractivity contribution in [2.24, 2.45) is 0 Å². The van der Waals surface area contributed by atoms with Crippen LogP contribution in [0.5, 0.6) is 0 Å². The maximum Gasteiger partial charge on any atom is 0.271 e. The highest BCUT2D eigenvalue weighted by atomic mass is 16.6. The van der Waals surface area contributed by atoms with Crippen molar-refractivity contribution in [3.05, 3.63) is 57.6 Å². The number of nitro benzene ring substituents is 1. The Morgan fingerprint density at radius 1 is 1.10 bits per heavy atom. The molecule has 0 atom stereocenters. The molecule has 2 aromatic carbocycles. The minimum absolute atomic E-state index is 0.0118. The van der Waals surface area contributed by atoms with Gasteiger partial charge in [-0.15, -0.1) is 0 Å². The minimum atomic E-state index is -0.440. The smallest absolute Gasteiger partial charge is 0.271 e. The van der Waals surface area contributed by atoms with E-state index in [1.165, 1.54) is 12.1 Å². The molecule has 3 rings (SSSR count). The fourth-order valence-corrected chi connectivity index (χ4v) is 2.25. The van der Waals surface area contributed by atoms with Crippen molar-refractivity contribution in [1.29, 1.82) is 0 Å². The number of aromatic nitrogens is 1. The number of aryl methyl sites for hydroxylation is 2. The molecule has 0 unspecified atom stereocenters. The van der Waals surface area contributed by atoms with Crippen molar-refractivity contribution in [3.63, 3.8) is 0 Å². The molecule has 0 aliphatic heterocycles. The molecule has 20 heavy (non-hydrogen) atoms. The lowest BCUT2D eigenvalue weighted by Crippen LogP contribution is -1.86. The first-order chi connectivity index (χ1) is 9.52. The van der Waals surface area contributed by atoms with E-state index in [2.05, 4.69) is 11.1 Å². The van der Waals surface area contributed by atoms with Crippen LogP contribution >= 0.6 is 0 Å². The van der Waals surface area contributed by atoms with Gasteiger partial charge in [-0.2, -0.15) is 0 Å². The maximum atomic E-state index is 10.8. The zero-order chi connectivity index (χ0) is 14.3. The molecule has 0 spiro atoms. The average Bonchev–Trinajstić information content (AvgIpc) is 2.80. The molecule has 5 nitrogen and oxygen atoms in total. The molecule has 0 radical (unpaired) electrons. The van der Waals surface area contributed by atoms with Crippen molar-refractivity contribution in [1.82, 2.24) is 4.98 Å². The SMILES string of the molecule is Cc1cc(C)cc(-c2nc3cc([N+](=O)[O-])ccc3o2)c1. The number of hydrogen-bond acceptors (Lipinski definition) is 4. The Kier molecular flexibility index (Phi) is 2.75. The van der Waals surface area contributed by atoms with Crippen LogP contribution in [0, 0.1) is 24.0 Å². The van der Waals surface area contributed by atoms with Crippen LogP contribution in [0.25, 0.3) is 22.6 Å². The van der Waals surface area contributed by atoms with Crippen LogP contribution in [0.1, 0.15) is 11.1 Å². The number of non-ortho nitro benzene ring substituents is 1. The molecule has 0 saturated heterocycles. The number of oxazole rings is 1. The van der Waals surface area contributed by atoms with E-state index in [1.807, 2.05) is 26.0 Å². The number of hydrogen-bond donors (Lipinski definition) is 0. The van der Waals surface area contributed by atoms with Crippen molar-refractivity contribution in [3.8, 4) is 11.5 Å². The summed E-state index contributed by atoms with van der Waals surface area (Å²) in [5, 5.41) is 10.8. The quantitative estimate of drug-likeness (QED) is 0.520. The lowest BCUT2D eigenvalue weighted by Gasteiger charge is -2.00. The Labute approximate surface area is 115 Å². The Bertz CT molecular complexity index is 801. The summed E-state index contributed by atoms with van der Waals surface area (Å²) in [5.74, 6) is 0.479. The van der Waals surface area contributed by atoms with Gasteiger partial charge < -0.3 is 4.42 Å². The Morgan fingerprint density at radius 2 is 1.80 bits per heavy atom. The fraction of sp³-hybridized carbons (Fsp3) is 0.133. The number of fused-ring (bicyclic) bond motifs is 1. The van der Waals surface area contributed by atoms with E-state index in [4.69, 9.17) is 4.42 Å². The van der Waals surface area contributed by atoms with E-state index in [1.54, 1.807) is 6.07 Å². The van der Waals surface area contributed by atoms with Gasteiger partial charge in [0.15, 0.2) is 5.58 Å². The van der Waals surface area contributed by atoms with Crippen LogP contribution in [0.2, 0.25) is 0 Å². The number of rotatable bonds is 2. The van der Waals surface area contributed by atoms with Gasteiger partial charge in [0.1, 0.15) is 5.52 Å². The van der Waals surface area contributed by atoms with Gasteiger partial charge in [0, 0.05) is 17.7 Å². The molecule has 100 valence electrons. The van der Waals surface area contributed by atoms with Gasteiger partial charge in [-0.3, -0.25) is 10.1 Å². The largest absolute Gasteiger partial charge is 0.436 e. The Morgan fingerprint density at radius 3 is 2.45 bits per heavy atom. The molecule has 0 amide bonds. The van der Waals surface area contributed by atoms with Crippen LogP contribution in [0.3, 0.4) is 0 Å². The van der Waals surface area contributed by atoms with E-state index >= 15 is 0 Å². The molecule has 0 aliphatic carbocycles. The maximum absolute atomic E-state index is 10.8. The molecular formula is C15H12N2O3. The fourth-order valence-electron chi connectivity index (χ4n) is 2.25. The summed E-state index contributed by atoms with van der Waals surface area (Å²) >= 11 is 0. The molecule has 1 heterocycles. The van der Waals surface area contributed by atoms with E-state index in [0.717, 1.165) is 16.7 Å². The lowest BCUT2D eigenvalue weighted by molar-refractivity contribution is -0.384. The minimum Gasteiger partial charge on any atom is -0.436 e. The van der Waals surface area contributed by atoms with Gasteiger partial charge in [-0.25, -0.2) is 4.98 Å². The van der Waals surface area contributed by atoms with Gasteiger partial charge >= 0.3 is 0 Å². The molecule has 0 fully saturated rings. The van der Waals surface area contributed by atoms with Crippen LogP contribution in [-0.2, 0) is 0 Å². The average molecular weight is 268 g/mol. The first-order valence-electron chi connectivity index (χ1n) is 6.16. The molecule has 1 aromatic heterocycles. The van der Waals surface area contributed by atoms with Gasteiger partial charge in [0.25, 0.3) is 5.69 Å². The summed E-state index contributed by atoms with van der Waals surface area (Å²) in [6.07, 6.45) is 0. The number of benzene rings is 2. The summed E-state index contributed by atoms with van der Waals surface area (Å²) in [6, 6.07) is 10.4. The Balaban J connectivity index is 2.15. The second-order valence-corrected chi connectivity index (χ2v) is 4.80. The van der Waals surface area contributed by atoms with Crippen LogP contribution < -0.4 is 0 Å².